The Morgan fingerprint density at radius 3 is 2.53 bits per heavy atom. The van der Waals surface area contributed by atoms with Crippen LogP contribution in [0.1, 0.15) is 36.7 Å². The zero-order chi connectivity index (χ0) is 14.5. The number of carbonyl (C=O) groups is 2. The molecular formula is C13H19N3O3. The monoisotopic (exact) mass is 265 g/mol. The van der Waals surface area contributed by atoms with Crippen LogP contribution in [0.15, 0.2) is 24.3 Å². The van der Waals surface area contributed by atoms with Crippen LogP contribution in [0.25, 0.3) is 0 Å². The van der Waals surface area contributed by atoms with Gasteiger partial charge in [-0.25, -0.2) is 10.3 Å². The van der Waals surface area contributed by atoms with Crippen molar-refractivity contribution in [2.45, 2.75) is 32.9 Å². The summed E-state index contributed by atoms with van der Waals surface area (Å²) in [5.74, 6) is -0.582. The van der Waals surface area contributed by atoms with Gasteiger partial charge < -0.3 is 10.6 Å². The molecule has 0 fully saturated rings. The van der Waals surface area contributed by atoms with Gasteiger partial charge in [-0.3, -0.25) is 10.0 Å². The van der Waals surface area contributed by atoms with Crippen molar-refractivity contribution >= 4 is 11.9 Å². The summed E-state index contributed by atoms with van der Waals surface area (Å²) in [6, 6.07) is 6.37. The van der Waals surface area contributed by atoms with Crippen LogP contribution in [0.2, 0.25) is 0 Å². The summed E-state index contributed by atoms with van der Waals surface area (Å²) >= 11 is 0. The van der Waals surface area contributed by atoms with Crippen molar-refractivity contribution in [3.05, 3.63) is 35.4 Å². The van der Waals surface area contributed by atoms with E-state index < -0.39 is 5.91 Å². The molecule has 19 heavy (non-hydrogen) atoms. The molecule has 0 bridgehead atoms. The fourth-order valence-corrected chi connectivity index (χ4v) is 1.45. The van der Waals surface area contributed by atoms with Gasteiger partial charge in [-0.15, -0.1) is 0 Å². The second-order valence-corrected chi connectivity index (χ2v) is 5.20. The number of hydrogen-bond acceptors (Lipinski definition) is 3. The van der Waals surface area contributed by atoms with Crippen molar-refractivity contribution < 1.29 is 14.8 Å². The molecule has 104 valence electrons. The third-order valence-corrected chi connectivity index (χ3v) is 2.23. The van der Waals surface area contributed by atoms with Crippen LogP contribution in [0.4, 0.5) is 4.79 Å². The minimum atomic E-state index is -0.582. The zero-order valence-electron chi connectivity index (χ0n) is 11.3. The Bertz CT molecular complexity index is 466. The molecule has 1 aromatic carbocycles. The number of hydroxylamine groups is 1. The van der Waals surface area contributed by atoms with Gasteiger partial charge in [0.15, 0.2) is 0 Å². The summed E-state index contributed by atoms with van der Waals surface area (Å²) in [5.41, 5.74) is 2.36. The predicted octanol–water partition coefficient (Wildman–Crippen LogP) is 1.40. The highest BCUT2D eigenvalue weighted by atomic mass is 16.5. The Kier molecular flexibility index (Phi) is 4.88. The molecule has 1 rings (SSSR count). The maximum Gasteiger partial charge on any atom is 0.315 e. The first-order valence-corrected chi connectivity index (χ1v) is 5.91. The van der Waals surface area contributed by atoms with Crippen molar-refractivity contribution in [3.63, 3.8) is 0 Å². The molecule has 0 aromatic heterocycles. The average Bonchev–Trinajstić information content (AvgIpc) is 2.34. The fourth-order valence-electron chi connectivity index (χ4n) is 1.45. The molecule has 6 heteroatoms. The van der Waals surface area contributed by atoms with Crippen LogP contribution >= 0.6 is 0 Å². The molecule has 0 heterocycles. The van der Waals surface area contributed by atoms with E-state index in [0.29, 0.717) is 12.1 Å². The summed E-state index contributed by atoms with van der Waals surface area (Å²) in [4.78, 5) is 22.8. The fraction of sp³-hybridized carbons (Fsp3) is 0.385. The van der Waals surface area contributed by atoms with Gasteiger partial charge in [0, 0.05) is 17.6 Å². The second kappa shape index (κ2) is 6.19. The lowest BCUT2D eigenvalue weighted by atomic mass is 10.1. The Balaban J connectivity index is 2.59. The van der Waals surface area contributed by atoms with Gasteiger partial charge in [0.2, 0.25) is 0 Å². The van der Waals surface area contributed by atoms with E-state index in [4.69, 9.17) is 5.21 Å². The molecule has 0 radical (unpaired) electrons. The third kappa shape index (κ3) is 5.39. The molecule has 0 unspecified atom stereocenters. The SMILES string of the molecule is CC(C)(C)NC(=O)NCc1cccc(C(=O)NO)c1. The standard InChI is InChI=1S/C13H19N3O3/c1-13(2,3)15-12(18)14-8-9-5-4-6-10(7-9)11(17)16-19/h4-7,19H,8H2,1-3H3,(H,16,17)(H2,14,15,18). The normalized spacial score (nSPS) is 10.7. The molecule has 0 saturated carbocycles. The highest BCUT2D eigenvalue weighted by Crippen LogP contribution is 2.05. The Hall–Kier alpha value is -2.08. The number of rotatable bonds is 3. The minimum absolute atomic E-state index is 0.274. The molecule has 0 spiro atoms. The van der Waals surface area contributed by atoms with Gasteiger partial charge in [0.05, 0.1) is 0 Å². The summed E-state index contributed by atoms with van der Waals surface area (Å²) in [6.07, 6.45) is 0. The van der Waals surface area contributed by atoms with Gasteiger partial charge in [0.25, 0.3) is 5.91 Å². The highest BCUT2D eigenvalue weighted by Gasteiger charge is 2.13. The van der Waals surface area contributed by atoms with Gasteiger partial charge in [-0.05, 0) is 38.5 Å². The van der Waals surface area contributed by atoms with E-state index in [1.165, 1.54) is 0 Å². The number of benzene rings is 1. The molecule has 0 aliphatic rings. The van der Waals surface area contributed by atoms with Crippen LogP contribution in [0.5, 0.6) is 0 Å². The van der Waals surface area contributed by atoms with Crippen molar-refractivity contribution in [2.24, 2.45) is 0 Å². The molecule has 0 saturated heterocycles. The Labute approximate surface area is 112 Å². The molecule has 3 amide bonds. The Morgan fingerprint density at radius 1 is 1.26 bits per heavy atom. The van der Waals surface area contributed by atoms with E-state index in [0.717, 1.165) is 5.56 Å². The third-order valence-electron chi connectivity index (χ3n) is 2.23. The average molecular weight is 265 g/mol. The Morgan fingerprint density at radius 2 is 1.95 bits per heavy atom. The molecule has 0 atom stereocenters. The van der Waals surface area contributed by atoms with Crippen LogP contribution < -0.4 is 16.1 Å². The first-order chi connectivity index (χ1) is 8.81. The molecule has 4 N–H and O–H groups in total. The van der Waals surface area contributed by atoms with Crippen molar-refractivity contribution in [1.82, 2.24) is 16.1 Å². The van der Waals surface area contributed by atoms with Gasteiger partial charge in [0.1, 0.15) is 0 Å². The topological polar surface area (TPSA) is 90.5 Å². The maximum atomic E-state index is 11.6. The summed E-state index contributed by atoms with van der Waals surface area (Å²) in [5, 5.41) is 14.0. The molecular weight excluding hydrogens is 246 g/mol. The van der Waals surface area contributed by atoms with Crippen molar-refractivity contribution in [2.75, 3.05) is 0 Å². The zero-order valence-corrected chi connectivity index (χ0v) is 11.3. The quantitative estimate of drug-likeness (QED) is 0.492. The summed E-state index contributed by atoms with van der Waals surface area (Å²) < 4.78 is 0. The van der Waals surface area contributed by atoms with Gasteiger partial charge >= 0.3 is 6.03 Å². The van der Waals surface area contributed by atoms with Crippen molar-refractivity contribution in [1.29, 1.82) is 0 Å². The largest absolute Gasteiger partial charge is 0.334 e. The smallest absolute Gasteiger partial charge is 0.315 e. The van der Waals surface area contributed by atoms with E-state index in [-0.39, 0.29) is 11.6 Å². The van der Waals surface area contributed by atoms with Crippen LogP contribution in [0, 0.1) is 0 Å². The van der Waals surface area contributed by atoms with Crippen molar-refractivity contribution in [3.8, 4) is 0 Å². The lowest BCUT2D eigenvalue weighted by Crippen LogP contribution is -2.46. The van der Waals surface area contributed by atoms with E-state index >= 15 is 0 Å². The second-order valence-electron chi connectivity index (χ2n) is 5.20. The minimum Gasteiger partial charge on any atom is -0.334 e. The molecule has 1 aromatic rings. The maximum absolute atomic E-state index is 11.6. The van der Waals surface area contributed by atoms with E-state index in [1.54, 1.807) is 29.7 Å². The highest BCUT2D eigenvalue weighted by molar-refractivity contribution is 5.93. The lowest BCUT2D eigenvalue weighted by molar-refractivity contribution is 0.0706. The number of amides is 3. The number of urea groups is 1. The summed E-state index contributed by atoms with van der Waals surface area (Å²) in [7, 11) is 0. The molecule has 6 nitrogen and oxygen atoms in total. The number of carbonyl (C=O) groups excluding carboxylic acids is 2. The van der Waals surface area contributed by atoms with Crippen LogP contribution in [-0.2, 0) is 6.54 Å². The molecule has 0 aliphatic carbocycles. The van der Waals surface area contributed by atoms with Gasteiger partial charge in [-0.2, -0.15) is 0 Å². The first kappa shape index (κ1) is 15.0. The lowest BCUT2D eigenvalue weighted by Gasteiger charge is -2.20. The van der Waals surface area contributed by atoms with Crippen LogP contribution in [0.3, 0.4) is 0 Å². The van der Waals surface area contributed by atoms with E-state index in [1.807, 2.05) is 20.8 Å². The summed E-state index contributed by atoms with van der Waals surface area (Å²) in [6.45, 7) is 5.96. The van der Waals surface area contributed by atoms with Crippen LogP contribution in [-0.4, -0.2) is 22.7 Å². The predicted molar refractivity (Wildman–Crippen MR) is 70.8 cm³/mol. The molecule has 0 aliphatic heterocycles. The first-order valence-electron chi connectivity index (χ1n) is 5.91. The van der Waals surface area contributed by atoms with E-state index in [2.05, 4.69) is 10.6 Å². The number of hydrogen-bond donors (Lipinski definition) is 4. The van der Waals surface area contributed by atoms with Gasteiger partial charge in [-0.1, -0.05) is 12.1 Å². The number of nitrogens with one attached hydrogen (secondary N) is 3. The van der Waals surface area contributed by atoms with E-state index in [9.17, 15) is 9.59 Å².